The van der Waals surface area contributed by atoms with Gasteiger partial charge in [0.25, 0.3) is 0 Å². The summed E-state index contributed by atoms with van der Waals surface area (Å²) in [5, 5.41) is 2.97. The standard InChI is InChI=1S/C10H9NO/c1-2-4-9(5-3-1)10-8-11-6-7-12-10/h1-8,11H. The number of rotatable bonds is 1. The maximum Gasteiger partial charge on any atom is 0.149 e. The van der Waals surface area contributed by atoms with Gasteiger partial charge in [-0.25, -0.2) is 0 Å². The molecular formula is C10H9NO. The molecule has 2 heteroatoms. The molecule has 2 rings (SSSR count). The fraction of sp³-hybridized carbons (Fsp3) is 0. The molecule has 0 fully saturated rings. The molecular weight excluding hydrogens is 150 g/mol. The van der Waals surface area contributed by atoms with E-state index < -0.39 is 0 Å². The average molecular weight is 159 g/mol. The Morgan fingerprint density at radius 1 is 1.08 bits per heavy atom. The second kappa shape index (κ2) is 3.13. The molecule has 0 aliphatic carbocycles. The molecule has 0 radical (unpaired) electrons. The van der Waals surface area contributed by atoms with Crippen LogP contribution in [0.2, 0.25) is 0 Å². The van der Waals surface area contributed by atoms with Gasteiger partial charge in [0.1, 0.15) is 12.0 Å². The van der Waals surface area contributed by atoms with Crippen LogP contribution < -0.4 is 5.32 Å². The molecule has 1 heterocycles. The van der Waals surface area contributed by atoms with Gasteiger partial charge in [-0.15, -0.1) is 0 Å². The summed E-state index contributed by atoms with van der Waals surface area (Å²) >= 11 is 0. The second-order valence-corrected chi connectivity index (χ2v) is 2.46. The third-order valence-corrected chi connectivity index (χ3v) is 1.63. The fourth-order valence-corrected chi connectivity index (χ4v) is 1.06. The van der Waals surface area contributed by atoms with Crippen LogP contribution in [0.25, 0.3) is 5.76 Å². The van der Waals surface area contributed by atoms with E-state index in [2.05, 4.69) is 5.32 Å². The van der Waals surface area contributed by atoms with Crippen molar-refractivity contribution in [3.8, 4) is 0 Å². The zero-order valence-corrected chi connectivity index (χ0v) is 6.53. The molecule has 1 aromatic rings. The Hall–Kier alpha value is -1.70. The number of ether oxygens (including phenoxy) is 1. The van der Waals surface area contributed by atoms with Crippen LogP contribution in [0.5, 0.6) is 0 Å². The van der Waals surface area contributed by atoms with E-state index in [0.717, 1.165) is 11.3 Å². The normalized spacial score (nSPS) is 14.5. The molecule has 0 atom stereocenters. The molecule has 0 amide bonds. The molecule has 0 spiro atoms. The number of hydrogen-bond acceptors (Lipinski definition) is 2. The first-order valence-electron chi connectivity index (χ1n) is 3.80. The van der Waals surface area contributed by atoms with Crippen LogP contribution in [0.4, 0.5) is 0 Å². The van der Waals surface area contributed by atoms with E-state index >= 15 is 0 Å². The molecule has 12 heavy (non-hydrogen) atoms. The molecule has 0 bridgehead atoms. The maximum atomic E-state index is 5.28. The van der Waals surface area contributed by atoms with Gasteiger partial charge in [0.2, 0.25) is 0 Å². The predicted molar refractivity (Wildman–Crippen MR) is 47.8 cm³/mol. The largest absolute Gasteiger partial charge is 0.461 e. The van der Waals surface area contributed by atoms with Gasteiger partial charge in [-0.3, -0.25) is 0 Å². The lowest BCUT2D eigenvalue weighted by Crippen LogP contribution is -2.01. The summed E-state index contributed by atoms with van der Waals surface area (Å²) in [4.78, 5) is 0. The average Bonchev–Trinajstić information content (AvgIpc) is 2.21. The van der Waals surface area contributed by atoms with Crippen molar-refractivity contribution in [1.82, 2.24) is 5.32 Å². The summed E-state index contributed by atoms with van der Waals surface area (Å²) in [7, 11) is 0. The predicted octanol–water partition coefficient (Wildman–Crippen LogP) is 2.08. The molecule has 1 N–H and O–H groups in total. The van der Waals surface area contributed by atoms with Crippen molar-refractivity contribution in [2.75, 3.05) is 0 Å². The SMILES string of the molecule is C1=COC(c2ccccc2)=CN1. The van der Waals surface area contributed by atoms with Crippen LogP contribution in [-0.4, -0.2) is 0 Å². The smallest absolute Gasteiger partial charge is 0.149 e. The minimum atomic E-state index is 0.845. The van der Waals surface area contributed by atoms with Crippen molar-refractivity contribution in [1.29, 1.82) is 0 Å². The van der Waals surface area contributed by atoms with Crippen LogP contribution >= 0.6 is 0 Å². The van der Waals surface area contributed by atoms with E-state index in [4.69, 9.17) is 4.74 Å². The highest BCUT2D eigenvalue weighted by Crippen LogP contribution is 2.16. The molecule has 0 saturated heterocycles. The minimum Gasteiger partial charge on any atom is -0.461 e. The highest BCUT2D eigenvalue weighted by atomic mass is 16.5. The molecule has 1 aromatic carbocycles. The van der Waals surface area contributed by atoms with Crippen LogP contribution in [0, 0.1) is 0 Å². The number of benzene rings is 1. The third-order valence-electron chi connectivity index (χ3n) is 1.63. The topological polar surface area (TPSA) is 21.3 Å². The van der Waals surface area contributed by atoms with E-state index in [-0.39, 0.29) is 0 Å². The second-order valence-electron chi connectivity index (χ2n) is 2.46. The Bertz CT molecular complexity index is 314. The molecule has 0 saturated carbocycles. The number of hydrogen-bond donors (Lipinski definition) is 1. The van der Waals surface area contributed by atoms with Crippen LogP contribution in [0.1, 0.15) is 5.56 Å². The van der Waals surface area contributed by atoms with Gasteiger partial charge in [-0.05, 0) is 0 Å². The molecule has 60 valence electrons. The van der Waals surface area contributed by atoms with E-state index in [0.29, 0.717) is 0 Å². The molecule has 2 nitrogen and oxygen atoms in total. The van der Waals surface area contributed by atoms with Crippen molar-refractivity contribution in [2.24, 2.45) is 0 Å². The van der Waals surface area contributed by atoms with Gasteiger partial charge >= 0.3 is 0 Å². The van der Waals surface area contributed by atoms with Crippen molar-refractivity contribution < 1.29 is 4.74 Å². The molecule has 0 aromatic heterocycles. The highest BCUT2D eigenvalue weighted by Gasteiger charge is 2.01. The lowest BCUT2D eigenvalue weighted by atomic mass is 10.2. The van der Waals surface area contributed by atoms with Crippen LogP contribution in [-0.2, 0) is 4.74 Å². The summed E-state index contributed by atoms with van der Waals surface area (Å²) in [6.07, 6.45) is 5.20. The molecule has 0 unspecified atom stereocenters. The van der Waals surface area contributed by atoms with Crippen LogP contribution in [0.3, 0.4) is 0 Å². The van der Waals surface area contributed by atoms with Crippen molar-refractivity contribution >= 4 is 5.76 Å². The molecule has 1 aliphatic rings. The van der Waals surface area contributed by atoms with E-state index in [1.807, 2.05) is 36.5 Å². The summed E-state index contributed by atoms with van der Waals surface area (Å²) in [6, 6.07) is 9.96. The lowest BCUT2D eigenvalue weighted by Gasteiger charge is -2.09. The van der Waals surface area contributed by atoms with Gasteiger partial charge in [0.15, 0.2) is 0 Å². The Morgan fingerprint density at radius 3 is 2.58 bits per heavy atom. The Morgan fingerprint density at radius 2 is 1.92 bits per heavy atom. The third kappa shape index (κ3) is 1.32. The first-order valence-corrected chi connectivity index (χ1v) is 3.80. The maximum absolute atomic E-state index is 5.28. The highest BCUT2D eigenvalue weighted by molar-refractivity contribution is 5.60. The quantitative estimate of drug-likeness (QED) is 0.677. The van der Waals surface area contributed by atoms with Crippen molar-refractivity contribution in [2.45, 2.75) is 0 Å². The van der Waals surface area contributed by atoms with Gasteiger partial charge < -0.3 is 10.1 Å². The van der Waals surface area contributed by atoms with E-state index in [1.54, 1.807) is 12.5 Å². The van der Waals surface area contributed by atoms with Gasteiger partial charge in [-0.2, -0.15) is 0 Å². The van der Waals surface area contributed by atoms with E-state index in [1.165, 1.54) is 0 Å². The first kappa shape index (κ1) is 6.98. The zero-order chi connectivity index (χ0) is 8.23. The fourth-order valence-electron chi connectivity index (χ4n) is 1.06. The Labute approximate surface area is 71.2 Å². The summed E-state index contributed by atoms with van der Waals surface area (Å²) in [5.41, 5.74) is 1.08. The first-order chi connectivity index (χ1) is 5.97. The summed E-state index contributed by atoms with van der Waals surface area (Å²) in [5.74, 6) is 0.845. The number of nitrogens with one attached hydrogen (secondary N) is 1. The van der Waals surface area contributed by atoms with Crippen molar-refractivity contribution in [3.05, 3.63) is 54.6 Å². The van der Waals surface area contributed by atoms with Gasteiger partial charge in [0.05, 0.1) is 0 Å². The van der Waals surface area contributed by atoms with Gasteiger partial charge in [0, 0.05) is 18.0 Å². The Kier molecular flexibility index (Phi) is 1.82. The lowest BCUT2D eigenvalue weighted by molar-refractivity contribution is 0.424. The monoisotopic (exact) mass is 159 g/mol. The Balaban J connectivity index is 2.26. The zero-order valence-electron chi connectivity index (χ0n) is 6.53. The van der Waals surface area contributed by atoms with E-state index in [9.17, 15) is 0 Å². The van der Waals surface area contributed by atoms with Crippen molar-refractivity contribution in [3.63, 3.8) is 0 Å². The van der Waals surface area contributed by atoms with Crippen LogP contribution in [0.15, 0.2) is 49.0 Å². The summed E-state index contributed by atoms with van der Waals surface area (Å²) < 4.78 is 5.28. The molecule has 1 aliphatic heterocycles. The summed E-state index contributed by atoms with van der Waals surface area (Å²) in [6.45, 7) is 0. The minimum absolute atomic E-state index is 0.845. The van der Waals surface area contributed by atoms with Gasteiger partial charge in [-0.1, -0.05) is 30.3 Å².